The van der Waals surface area contributed by atoms with Gasteiger partial charge >= 0.3 is 11.9 Å². The molecule has 168 valence electrons. The summed E-state index contributed by atoms with van der Waals surface area (Å²) in [6, 6.07) is 7.58. The number of esters is 2. The van der Waals surface area contributed by atoms with E-state index in [0.29, 0.717) is 17.6 Å². The fourth-order valence-corrected chi connectivity index (χ4v) is 2.51. The van der Waals surface area contributed by atoms with Crippen molar-refractivity contribution < 1.29 is 28.2 Å². The van der Waals surface area contributed by atoms with Crippen molar-refractivity contribution in [3.8, 4) is 0 Å². The monoisotopic (exact) mass is 430 g/mol. The summed E-state index contributed by atoms with van der Waals surface area (Å²) in [5.74, 6) is -1.43. The third-order valence-electron chi connectivity index (χ3n) is 4.52. The number of halogens is 1. The Balaban J connectivity index is 2.91. The second kappa shape index (κ2) is 12.5. The number of benzene rings is 1. The molecule has 0 saturated heterocycles. The van der Waals surface area contributed by atoms with Gasteiger partial charge in [-0.25, -0.2) is 14.0 Å². The summed E-state index contributed by atoms with van der Waals surface area (Å²) in [4.78, 5) is 23.5. The molecule has 0 saturated carbocycles. The molecule has 0 aliphatic carbocycles. The van der Waals surface area contributed by atoms with Crippen LogP contribution in [0, 0.1) is 5.92 Å². The lowest BCUT2D eigenvalue weighted by molar-refractivity contribution is -0.144. The summed E-state index contributed by atoms with van der Waals surface area (Å²) < 4.78 is 29.4. The minimum atomic E-state index is -0.492. The van der Waals surface area contributed by atoms with Gasteiger partial charge in [0.1, 0.15) is 5.76 Å². The van der Waals surface area contributed by atoms with Crippen LogP contribution in [-0.4, -0.2) is 32.3 Å². The van der Waals surface area contributed by atoms with E-state index in [-0.39, 0.29) is 24.9 Å². The Morgan fingerprint density at radius 2 is 1.45 bits per heavy atom. The van der Waals surface area contributed by atoms with E-state index in [1.807, 2.05) is 31.2 Å². The molecule has 0 aromatic heterocycles. The van der Waals surface area contributed by atoms with Crippen molar-refractivity contribution in [1.29, 1.82) is 0 Å². The Kier molecular flexibility index (Phi) is 10.5. The first-order valence-electron chi connectivity index (χ1n) is 9.88. The first kappa shape index (κ1) is 25.9. The number of carbonyl (C=O) groups is 2. The van der Waals surface area contributed by atoms with Crippen molar-refractivity contribution in [2.24, 2.45) is 5.92 Å². The molecule has 0 fully saturated rings. The minimum absolute atomic E-state index is 0.0855. The first-order valence-corrected chi connectivity index (χ1v) is 9.88. The van der Waals surface area contributed by atoms with Crippen LogP contribution in [0.15, 0.2) is 66.2 Å². The number of hydrogen-bond acceptors (Lipinski definition) is 5. The maximum atomic E-state index is 14.0. The highest BCUT2D eigenvalue weighted by atomic mass is 19.1. The molecular formula is C25H31FO5. The van der Waals surface area contributed by atoms with Crippen molar-refractivity contribution in [2.45, 2.75) is 34.1 Å². The maximum Gasteiger partial charge on any atom is 0.333 e. The predicted octanol–water partition coefficient (Wildman–Crippen LogP) is 5.33. The zero-order valence-electron chi connectivity index (χ0n) is 18.9. The van der Waals surface area contributed by atoms with E-state index in [1.54, 1.807) is 20.8 Å². The van der Waals surface area contributed by atoms with Crippen molar-refractivity contribution in [3.63, 3.8) is 0 Å². The highest BCUT2D eigenvalue weighted by molar-refractivity contribution is 5.87. The Morgan fingerprint density at radius 1 is 0.968 bits per heavy atom. The molecule has 0 bridgehead atoms. The Labute approximate surface area is 183 Å². The SMILES string of the molecule is C=C(C)C(=O)OCC(COC(=O)C(=C)C)Cc1ccc(/C(C)=C/C(F)=C(\C)OC)cc1. The van der Waals surface area contributed by atoms with Crippen LogP contribution in [-0.2, 0) is 30.2 Å². The van der Waals surface area contributed by atoms with Crippen LogP contribution in [0.4, 0.5) is 4.39 Å². The van der Waals surface area contributed by atoms with Crippen LogP contribution >= 0.6 is 0 Å². The summed E-state index contributed by atoms with van der Waals surface area (Å²) in [7, 11) is 1.42. The van der Waals surface area contributed by atoms with Crippen LogP contribution in [0.1, 0.15) is 38.8 Å². The Bertz CT molecular complexity index is 848. The van der Waals surface area contributed by atoms with Gasteiger partial charge in [-0.15, -0.1) is 0 Å². The van der Waals surface area contributed by atoms with Gasteiger partial charge in [-0.1, -0.05) is 37.4 Å². The molecule has 0 aliphatic rings. The molecule has 0 spiro atoms. The van der Waals surface area contributed by atoms with Gasteiger partial charge in [0.25, 0.3) is 0 Å². The fraction of sp³-hybridized carbons (Fsp3) is 0.360. The van der Waals surface area contributed by atoms with Crippen molar-refractivity contribution in [1.82, 2.24) is 0 Å². The summed E-state index contributed by atoms with van der Waals surface area (Å²) >= 11 is 0. The van der Waals surface area contributed by atoms with Crippen LogP contribution in [0.25, 0.3) is 5.57 Å². The average Bonchev–Trinajstić information content (AvgIpc) is 2.74. The molecule has 0 aliphatic heterocycles. The van der Waals surface area contributed by atoms with Gasteiger partial charge in [0.05, 0.1) is 20.3 Å². The van der Waals surface area contributed by atoms with Crippen molar-refractivity contribution >= 4 is 17.5 Å². The molecule has 31 heavy (non-hydrogen) atoms. The zero-order valence-corrected chi connectivity index (χ0v) is 18.9. The lowest BCUT2D eigenvalue weighted by Gasteiger charge is -2.18. The second-order valence-electron chi connectivity index (χ2n) is 7.46. The molecule has 0 radical (unpaired) electrons. The summed E-state index contributed by atoms with van der Waals surface area (Å²) in [6.45, 7) is 13.8. The molecule has 0 atom stereocenters. The Hall–Kier alpha value is -3.15. The number of ether oxygens (including phenoxy) is 3. The fourth-order valence-electron chi connectivity index (χ4n) is 2.51. The summed E-state index contributed by atoms with van der Waals surface area (Å²) in [5.41, 5.74) is 3.18. The summed E-state index contributed by atoms with van der Waals surface area (Å²) in [5, 5.41) is 0. The van der Waals surface area contributed by atoms with Crippen LogP contribution in [0.3, 0.4) is 0 Å². The molecule has 1 aromatic carbocycles. The molecule has 6 heteroatoms. The second-order valence-corrected chi connectivity index (χ2v) is 7.46. The van der Waals surface area contributed by atoms with E-state index >= 15 is 0 Å². The Morgan fingerprint density at radius 3 is 1.87 bits per heavy atom. The minimum Gasteiger partial charge on any atom is -0.498 e. The average molecular weight is 431 g/mol. The van der Waals surface area contributed by atoms with Gasteiger partial charge in [0, 0.05) is 17.1 Å². The van der Waals surface area contributed by atoms with Crippen LogP contribution in [0.5, 0.6) is 0 Å². The standard InChI is InChI=1S/C25H31FO5/c1-16(2)24(27)30-14-21(15-31-25(28)17(3)4)13-20-8-10-22(11-9-20)18(5)12-23(26)19(6)29-7/h8-12,21H,1,3,13-15H2,2,4-7H3/b18-12+,23-19-. The van der Waals surface area contributed by atoms with Gasteiger partial charge in [-0.2, -0.15) is 0 Å². The number of carbonyl (C=O) groups excluding carboxylic acids is 2. The predicted molar refractivity (Wildman–Crippen MR) is 120 cm³/mol. The van der Waals surface area contributed by atoms with Crippen molar-refractivity contribution in [3.05, 3.63) is 77.4 Å². The molecule has 1 rings (SSSR count). The zero-order chi connectivity index (χ0) is 23.6. The number of rotatable bonds is 11. The number of methoxy groups -OCH3 is 1. The molecule has 0 amide bonds. The van der Waals surface area contributed by atoms with E-state index in [2.05, 4.69) is 13.2 Å². The third kappa shape index (κ3) is 9.03. The van der Waals surface area contributed by atoms with E-state index < -0.39 is 17.8 Å². The lowest BCUT2D eigenvalue weighted by atomic mass is 9.98. The number of hydrogen-bond donors (Lipinski definition) is 0. The molecule has 0 heterocycles. The molecule has 0 unspecified atom stereocenters. The van der Waals surface area contributed by atoms with E-state index in [9.17, 15) is 14.0 Å². The van der Waals surface area contributed by atoms with Gasteiger partial charge < -0.3 is 14.2 Å². The first-order chi connectivity index (χ1) is 14.5. The smallest absolute Gasteiger partial charge is 0.333 e. The van der Waals surface area contributed by atoms with E-state index in [1.165, 1.54) is 13.2 Å². The van der Waals surface area contributed by atoms with E-state index in [4.69, 9.17) is 14.2 Å². The lowest BCUT2D eigenvalue weighted by Crippen LogP contribution is -2.23. The van der Waals surface area contributed by atoms with Crippen LogP contribution in [0.2, 0.25) is 0 Å². The third-order valence-corrected chi connectivity index (χ3v) is 4.52. The number of allylic oxidation sites excluding steroid dienone is 4. The maximum absolute atomic E-state index is 14.0. The normalized spacial score (nSPS) is 12.2. The topological polar surface area (TPSA) is 61.8 Å². The molecule has 1 aromatic rings. The molecular weight excluding hydrogens is 399 g/mol. The van der Waals surface area contributed by atoms with Crippen LogP contribution < -0.4 is 0 Å². The quantitative estimate of drug-likeness (QED) is 0.205. The van der Waals surface area contributed by atoms with Gasteiger partial charge in [0.2, 0.25) is 0 Å². The highest BCUT2D eigenvalue weighted by Gasteiger charge is 2.17. The largest absolute Gasteiger partial charge is 0.498 e. The highest BCUT2D eigenvalue weighted by Crippen LogP contribution is 2.20. The van der Waals surface area contributed by atoms with Gasteiger partial charge in [0.15, 0.2) is 5.83 Å². The van der Waals surface area contributed by atoms with Gasteiger partial charge in [-0.3, -0.25) is 0 Å². The van der Waals surface area contributed by atoms with E-state index in [0.717, 1.165) is 16.7 Å². The summed E-state index contributed by atoms with van der Waals surface area (Å²) in [6.07, 6.45) is 1.94. The molecule has 5 nitrogen and oxygen atoms in total. The molecule has 0 N–H and O–H groups in total. The van der Waals surface area contributed by atoms with Gasteiger partial charge in [-0.05, 0) is 56.9 Å². The van der Waals surface area contributed by atoms with Crippen molar-refractivity contribution in [2.75, 3.05) is 20.3 Å².